The van der Waals surface area contributed by atoms with Gasteiger partial charge in [0.25, 0.3) is 0 Å². The lowest BCUT2D eigenvalue weighted by atomic mass is 10.2. The number of halogens is 2. The van der Waals surface area contributed by atoms with Crippen molar-refractivity contribution in [3.8, 4) is 10.4 Å². The van der Waals surface area contributed by atoms with Crippen molar-refractivity contribution in [3.05, 3.63) is 51.6 Å². The highest BCUT2D eigenvalue weighted by Gasteiger charge is 2.05. The number of hydrogen-bond acceptors (Lipinski definition) is 2. The van der Waals surface area contributed by atoms with E-state index in [1.54, 1.807) is 12.1 Å². The van der Waals surface area contributed by atoms with E-state index in [9.17, 15) is 9.18 Å². The van der Waals surface area contributed by atoms with E-state index >= 15 is 0 Å². The first kappa shape index (κ1) is 13.0. The molecule has 0 spiro atoms. The molecule has 0 saturated carbocycles. The van der Waals surface area contributed by atoms with Gasteiger partial charge in [0.2, 0.25) is 0 Å². The number of carboxylic acids is 1. The first-order valence-corrected chi connectivity index (χ1v) is 6.63. The summed E-state index contributed by atoms with van der Waals surface area (Å²) in [7, 11) is 0. The SMILES string of the molecule is O=C(O)/C=C/c1ccc(-c2ccc(F)c(Br)c2)s1. The topological polar surface area (TPSA) is 37.3 Å². The minimum Gasteiger partial charge on any atom is -0.478 e. The molecule has 0 fully saturated rings. The minimum atomic E-state index is -0.977. The van der Waals surface area contributed by atoms with Crippen molar-refractivity contribution in [2.45, 2.75) is 0 Å². The highest BCUT2D eigenvalue weighted by Crippen LogP contribution is 2.31. The number of thiophene rings is 1. The monoisotopic (exact) mass is 326 g/mol. The first-order chi connectivity index (χ1) is 8.56. The Balaban J connectivity index is 2.29. The molecule has 0 saturated heterocycles. The molecule has 2 aromatic rings. The van der Waals surface area contributed by atoms with Crippen LogP contribution in [0.1, 0.15) is 4.88 Å². The summed E-state index contributed by atoms with van der Waals surface area (Å²) >= 11 is 4.59. The van der Waals surface area contributed by atoms with Crippen molar-refractivity contribution in [1.82, 2.24) is 0 Å². The van der Waals surface area contributed by atoms with Gasteiger partial charge in [0.1, 0.15) is 5.82 Å². The van der Waals surface area contributed by atoms with Crippen LogP contribution in [0.15, 0.2) is 40.9 Å². The zero-order chi connectivity index (χ0) is 13.1. The summed E-state index contributed by atoms with van der Waals surface area (Å²) < 4.78 is 13.5. The lowest BCUT2D eigenvalue weighted by molar-refractivity contribution is -0.131. The predicted octanol–water partition coefficient (Wildman–Crippen LogP) is 4.41. The van der Waals surface area contributed by atoms with Gasteiger partial charge in [0, 0.05) is 15.8 Å². The summed E-state index contributed by atoms with van der Waals surface area (Å²) in [4.78, 5) is 12.2. The third-order valence-electron chi connectivity index (χ3n) is 2.22. The summed E-state index contributed by atoms with van der Waals surface area (Å²) in [5, 5.41) is 8.54. The summed E-state index contributed by atoms with van der Waals surface area (Å²) in [6.07, 6.45) is 2.63. The molecule has 18 heavy (non-hydrogen) atoms. The van der Waals surface area contributed by atoms with Gasteiger partial charge in [0.05, 0.1) is 4.47 Å². The minimum absolute atomic E-state index is 0.304. The Bertz CT molecular complexity index is 619. The van der Waals surface area contributed by atoms with Gasteiger partial charge in [-0.1, -0.05) is 6.07 Å². The van der Waals surface area contributed by atoms with Crippen molar-refractivity contribution in [3.63, 3.8) is 0 Å². The van der Waals surface area contributed by atoms with E-state index in [0.29, 0.717) is 4.47 Å². The summed E-state index contributed by atoms with van der Waals surface area (Å²) in [6.45, 7) is 0. The van der Waals surface area contributed by atoms with Crippen LogP contribution in [-0.4, -0.2) is 11.1 Å². The fourth-order valence-corrected chi connectivity index (χ4v) is 2.69. The van der Waals surface area contributed by atoms with Crippen LogP contribution in [0, 0.1) is 5.82 Å². The van der Waals surface area contributed by atoms with Gasteiger partial charge in [-0.15, -0.1) is 11.3 Å². The van der Waals surface area contributed by atoms with E-state index < -0.39 is 5.97 Å². The fourth-order valence-electron chi connectivity index (χ4n) is 1.40. The average Bonchev–Trinajstić information content (AvgIpc) is 2.79. The second-order valence-corrected chi connectivity index (χ2v) is 5.47. The van der Waals surface area contributed by atoms with Crippen LogP contribution in [0.4, 0.5) is 4.39 Å². The lowest BCUT2D eigenvalue weighted by Gasteiger charge is -1.99. The van der Waals surface area contributed by atoms with Crippen LogP contribution in [0.2, 0.25) is 0 Å². The molecule has 2 rings (SSSR count). The molecule has 1 heterocycles. The predicted molar refractivity (Wildman–Crippen MR) is 74.1 cm³/mol. The second-order valence-electron chi connectivity index (χ2n) is 3.50. The van der Waals surface area contributed by atoms with Crippen molar-refractivity contribution < 1.29 is 14.3 Å². The van der Waals surface area contributed by atoms with Gasteiger partial charge < -0.3 is 5.11 Å². The number of carbonyl (C=O) groups is 1. The molecule has 0 atom stereocenters. The molecule has 0 bridgehead atoms. The average molecular weight is 327 g/mol. The Labute approximate surface area is 116 Å². The molecule has 0 aliphatic heterocycles. The van der Waals surface area contributed by atoms with E-state index in [2.05, 4.69) is 15.9 Å². The molecule has 1 aromatic heterocycles. The van der Waals surface area contributed by atoms with Gasteiger partial charge >= 0.3 is 5.97 Å². The highest BCUT2D eigenvalue weighted by atomic mass is 79.9. The van der Waals surface area contributed by atoms with Gasteiger partial charge in [0.15, 0.2) is 0 Å². The van der Waals surface area contributed by atoms with Crippen molar-refractivity contribution in [2.24, 2.45) is 0 Å². The molecular weight excluding hydrogens is 319 g/mol. The maximum absolute atomic E-state index is 13.1. The standard InChI is InChI=1S/C13H8BrFO2S/c14-10-7-8(1-4-11(10)15)12-5-2-9(18-12)3-6-13(16)17/h1-7H,(H,16,17)/b6-3+. The first-order valence-electron chi connectivity index (χ1n) is 5.02. The van der Waals surface area contributed by atoms with E-state index in [1.807, 2.05) is 12.1 Å². The summed E-state index contributed by atoms with van der Waals surface area (Å²) in [5.74, 6) is -1.28. The number of aliphatic carboxylic acids is 1. The van der Waals surface area contributed by atoms with Crippen molar-refractivity contribution in [1.29, 1.82) is 0 Å². The van der Waals surface area contributed by atoms with Crippen LogP contribution in [0.3, 0.4) is 0 Å². The molecule has 2 nitrogen and oxygen atoms in total. The Morgan fingerprint density at radius 3 is 2.78 bits per heavy atom. The van der Waals surface area contributed by atoms with Crippen LogP contribution >= 0.6 is 27.3 Å². The van der Waals surface area contributed by atoms with Crippen LogP contribution in [0.5, 0.6) is 0 Å². The van der Waals surface area contributed by atoms with Gasteiger partial charge in [-0.05, 0) is 51.8 Å². The molecule has 5 heteroatoms. The highest BCUT2D eigenvalue weighted by molar-refractivity contribution is 9.10. The van der Waals surface area contributed by atoms with Crippen LogP contribution in [0.25, 0.3) is 16.5 Å². The molecule has 0 aliphatic carbocycles. The molecule has 1 aromatic carbocycles. The third-order valence-corrected chi connectivity index (χ3v) is 3.93. The number of hydrogen-bond donors (Lipinski definition) is 1. The molecule has 0 aliphatic rings. The van der Waals surface area contributed by atoms with E-state index in [1.165, 1.54) is 23.5 Å². The Morgan fingerprint density at radius 2 is 2.11 bits per heavy atom. The molecule has 1 N–H and O–H groups in total. The Hall–Kier alpha value is -1.46. The second kappa shape index (κ2) is 5.46. The molecule has 0 radical (unpaired) electrons. The lowest BCUT2D eigenvalue weighted by Crippen LogP contribution is -1.84. The third kappa shape index (κ3) is 3.05. The Kier molecular flexibility index (Phi) is 3.93. The zero-order valence-corrected chi connectivity index (χ0v) is 11.5. The van der Waals surface area contributed by atoms with Crippen molar-refractivity contribution >= 4 is 39.3 Å². The van der Waals surface area contributed by atoms with Gasteiger partial charge in [-0.2, -0.15) is 0 Å². The normalized spacial score (nSPS) is 11.0. The van der Waals surface area contributed by atoms with Gasteiger partial charge in [-0.3, -0.25) is 0 Å². The largest absolute Gasteiger partial charge is 0.478 e. The zero-order valence-electron chi connectivity index (χ0n) is 9.06. The van der Waals surface area contributed by atoms with Crippen molar-refractivity contribution in [2.75, 3.05) is 0 Å². The number of benzene rings is 1. The molecule has 0 amide bonds. The Morgan fingerprint density at radius 1 is 1.33 bits per heavy atom. The maximum Gasteiger partial charge on any atom is 0.328 e. The van der Waals surface area contributed by atoms with Crippen LogP contribution < -0.4 is 0 Å². The smallest absolute Gasteiger partial charge is 0.328 e. The van der Waals surface area contributed by atoms with E-state index in [4.69, 9.17) is 5.11 Å². The number of carboxylic acid groups (broad SMARTS) is 1. The quantitative estimate of drug-likeness (QED) is 0.848. The van der Waals surface area contributed by atoms with Crippen LogP contribution in [-0.2, 0) is 4.79 Å². The summed E-state index contributed by atoms with van der Waals surface area (Å²) in [5.41, 5.74) is 0.892. The summed E-state index contributed by atoms with van der Waals surface area (Å²) in [6, 6.07) is 8.50. The maximum atomic E-state index is 13.1. The van der Waals surface area contributed by atoms with Gasteiger partial charge in [-0.25, -0.2) is 9.18 Å². The fraction of sp³-hybridized carbons (Fsp3) is 0. The van der Waals surface area contributed by atoms with E-state index in [0.717, 1.165) is 21.4 Å². The molecule has 92 valence electrons. The number of rotatable bonds is 3. The molecular formula is C13H8BrFO2S. The van der Waals surface area contributed by atoms with E-state index in [-0.39, 0.29) is 5.82 Å². The molecule has 0 unspecified atom stereocenters.